The summed E-state index contributed by atoms with van der Waals surface area (Å²) in [6, 6.07) is 13.6. The lowest BCUT2D eigenvalue weighted by atomic mass is 9.80. The zero-order chi connectivity index (χ0) is 42.6. The molecule has 10 heteroatoms. The van der Waals surface area contributed by atoms with Gasteiger partial charge in [-0.3, -0.25) is 19.2 Å². The molecular weight excluding hydrogens is 783 g/mol. The Morgan fingerprint density at radius 1 is 0.590 bits per heavy atom. The van der Waals surface area contributed by atoms with Gasteiger partial charge in [0.25, 0.3) is 0 Å². The van der Waals surface area contributed by atoms with Crippen molar-refractivity contribution in [1.29, 1.82) is 0 Å². The lowest BCUT2D eigenvalue weighted by Gasteiger charge is -2.32. The topological polar surface area (TPSA) is 124 Å². The summed E-state index contributed by atoms with van der Waals surface area (Å²) in [6.45, 7) is 4.50. The standard InChI is InChI=1S/C51H71N3O6S/c1-3-5-7-11-34-15-27-40(28-16-34)52-47(55)36-19-23-38(24-20-36)50(57)59-42-31-32-45(43(33-42)49-54-44-13-9-10-14-46(44)61-49)60-51(58)39-25-21-37(22-26-39)48(56)53-41-29-17-35(18-30-41)12-8-6-4-2/h9-10,13-14,31-41H,3-8,11-12,15-30H2,1-2H3,(H,52,55)(H,53,56). The molecule has 0 atom stereocenters. The van der Waals surface area contributed by atoms with Gasteiger partial charge in [-0.2, -0.15) is 0 Å². The van der Waals surface area contributed by atoms with Crippen LogP contribution in [0.2, 0.25) is 0 Å². The van der Waals surface area contributed by atoms with Crippen LogP contribution in [0.25, 0.3) is 20.8 Å². The van der Waals surface area contributed by atoms with Crippen molar-refractivity contribution in [3.05, 3.63) is 42.5 Å². The van der Waals surface area contributed by atoms with Gasteiger partial charge in [0.05, 0.1) is 27.6 Å². The van der Waals surface area contributed by atoms with Gasteiger partial charge in [-0.1, -0.05) is 77.3 Å². The first-order valence-electron chi connectivity index (χ1n) is 24.3. The van der Waals surface area contributed by atoms with Crippen molar-refractivity contribution in [3.63, 3.8) is 0 Å². The van der Waals surface area contributed by atoms with Gasteiger partial charge in [0.2, 0.25) is 11.8 Å². The maximum Gasteiger partial charge on any atom is 0.314 e. The molecular formula is C51H71N3O6S. The van der Waals surface area contributed by atoms with Crippen molar-refractivity contribution in [2.24, 2.45) is 35.5 Å². The van der Waals surface area contributed by atoms with E-state index in [1.165, 1.54) is 88.4 Å². The van der Waals surface area contributed by atoms with E-state index in [4.69, 9.17) is 14.5 Å². The molecule has 0 bridgehead atoms. The highest BCUT2D eigenvalue weighted by Crippen LogP contribution is 2.40. The molecule has 2 N–H and O–H groups in total. The van der Waals surface area contributed by atoms with E-state index in [2.05, 4.69) is 24.5 Å². The molecule has 4 aliphatic carbocycles. The van der Waals surface area contributed by atoms with E-state index in [0.717, 1.165) is 47.7 Å². The van der Waals surface area contributed by atoms with Crippen molar-refractivity contribution in [3.8, 4) is 22.1 Å². The smallest absolute Gasteiger partial charge is 0.314 e. The van der Waals surface area contributed by atoms with E-state index < -0.39 is 0 Å². The fourth-order valence-corrected chi connectivity index (χ4v) is 11.6. The molecule has 1 aromatic heterocycles. The number of nitrogens with zero attached hydrogens (tertiary/aromatic N) is 1. The van der Waals surface area contributed by atoms with Crippen LogP contribution < -0.4 is 20.1 Å². The molecule has 3 aromatic rings. The van der Waals surface area contributed by atoms with Crippen LogP contribution in [0.4, 0.5) is 0 Å². The van der Waals surface area contributed by atoms with Crippen molar-refractivity contribution in [1.82, 2.24) is 15.6 Å². The van der Waals surface area contributed by atoms with E-state index in [1.807, 2.05) is 24.3 Å². The number of hydrogen-bond donors (Lipinski definition) is 2. The first-order chi connectivity index (χ1) is 29.8. The minimum atomic E-state index is -0.303. The molecule has 0 aliphatic heterocycles. The maximum absolute atomic E-state index is 13.7. The third kappa shape index (κ3) is 12.7. The number of carbonyl (C=O) groups is 4. The summed E-state index contributed by atoms with van der Waals surface area (Å²) in [5.74, 6) is 1.35. The molecule has 61 heavy (non-hydrogen) atoms. The molecule has 2 aromatic carbocycles. The highest BCUT2D eigenvalue weighted by molar-refractivity contribution is 7.21. The van der Waals surface area contributed by atoms with E-state index >= 15 is 0 Å². The highest BCUT2D eigenvalue weighted by atomic mass is 32.1. The first-order valence-corrected chi connectivity index (χ1v) is 25.1. The molecule has 9 nitrogen and oxygen atoms in total. The second-order valence-electron chi connectivity index (χ2n) is 19.0. The molecule has 4 saturated carbocycles. The predicted octanol–water partition coefficient (Wildman–Crippen LogP) is 11.9. The summed E-state index contributed by atoms with van der Waals surface area (Å²) < 4.78 is 13.1. The number of carbonyl (C=O) groups excluding carboxylic acids is 4. The average Bonchev–Trinajstić information content (AvgIpc) is 3.73. The molecule has 7 rings (SSSR count). The van der Waals surface area contributed by atoms with Crippen LogP contribution in [-0.2, 0) is 19.2 Å². The monoisotopic (exact) mass is 854 g/mol. The normalized spacial score (nSPS) is 26.9. The van der Waals surface area contributed by atoms with Gasteiger partial charge in [-0.15, -0.1) is 11.3 Å². The molecule has 0 unspecified atom stereocenters. The fourth-order valence-electron chi connectivity index (χ4n) is 10.6. The number of esters is 2. The number of aromatic nitrogens is 1. The summed E-state index contributed by atoms with van der Waals surface area (Å²) in [6.07, 6.45) is 24.7. The minimum Gasteiger partial charge on any atom is -0.426 e. The average molecular weight is 854 g/mol. The zero-order valence-corrected chi connectivity index (χ0v) is 37.8. The SMILES string of the molecule is CCCCCC1CCC(NC(=O)C2CCC(C(=O)Oc3ccc(OC(=O)C4CCC(C(=O)NC5CCC(CCCCC)CC5)CC4)c(-c4nc5ccccc5s4)c3)CC2)CC1. The maximum atomic E-state index is 13.7. The Labute approximate surface area is 368 Å². The Balaban J connectivity index is 0.901. The Hall–Kier alpha value is -3.79. The van der Waals surface area contributed by atoms with Crippen molar-refractivity contribution >= 4 is 45.3 Å². The number of ether oxygens (including phenoxy) is 2. The summed E-state index contributed by atoms with van der Waals surface area (Å²) in [5, 5.41) is 7.37. The number of thiazole rings is 1. The van der Waals surface area contributed by atoms with Crippen LogP contribution in [0.15, 0.2) is 42.5 Å². The number of nitrogens with one attached hydrogen (secondary N) is 2. The van der Waals surface area contributed by atoms with Crippen LogP contribution >= 0.6 is 11.3 Å². The van der Waals surface area contributed by atoms with Crippen LogP contribution in [0.3, 0.4) is 0 Å². The minimum absolute atomic E-state index is 0.0622. The molecule has 332 valence electrons. The van der Waals surface area contributed by atoms with Crippen molar-refractivity contribution in [2.75, 3.05) is 0 Å². The molecule has 0 spiro atoms. The molecule has 4 aliphatic rings. The van der Waals surface area contributed by atoms with Gasteiger partial charge < -0.3 is 20.1 Å². The largest absolute Gasteiger partial charge is 0.426 e. The Kier molecular flexibility index (Phi) is 16.7. The van der Waals surface area contributed by atoms with Gasteiger partial charge in [0.1, 0.15) is 16.5 Å². The number of amides is 2. The van der Waals surface area contributed by atoms with Gasteiger partial charge >= 0.3 is 11.9 Å². The third-order valence-electron chi connectivity index (χ3n) is 14.6. The number of unbranched alkanes of at least 4 members (excludes halogenated alkanes) is 4. The number of fused-ring (bicyclic) bond motifs is 1. The lowest BCUT2D eigenvalue weighted by molar-refractivity contribution is -0.142. The predicted molar refractivity (Wildman–Crippen MR) is 243 cm³/mol. The second kappa shape index (κ2) is 22.5. The Morgan fingerprint density at radius 3 is 1.59 bits per heavy atom. The number of rotatable bonds is 17. The number of benzene rings is 2. The Bertz CT molecular complexity index is 1860. The van der Waals surface area contributed by atoms with E-state index in [0.29, 0.717) is 73.4 Å². The molecule has 0 radical (unpaired) electrons. The van der Waals surface area contributed by atoms with Gasteiger partial charge in [0.15, 0.2) is 0 Å². The number of para-hydroxylation sites is 1. The van der Waals surface area contributed by atoms with Crippen LogP contribution in [0.1, 0.15) is 168 Å². The highest BCUT2D eigenvalue weighted by Gasteiger charge is 2.35. The van der Waals surface area contributed by atoms with Gasteiger partial charge in [-0.05, 0) is 145 Å². The van der Waals surface area contributed by atoms with Gasteiger partial charge in [-0.25, -0.2) is 4.98 Å². The second-order valence-corrected chi connectivity index (χ2v) is 20.1. The quantitative estimate of drug-likeness (QED) is 0.0787. The lowest BCUT2D eigenvalue weighted by Crippen LogP contribution is -2.42. The van der Waals surface area contributed by atoms with Crippen LogP contribution in [0.5, 0.6) is 11.5 Å². The Morgan fingerprint density at radius 2 is 1.08 bits per heavy atom. The first kappa shape index (κ1) is 45.2. The molecule has 0 saturated heterocycles. The molecule has 2 amide bonds. The van der Waals surface area contributed by atoms with E-state index in [1.54, 1.807) is 18.2 Å². The van der Waals surface area contributed by atoms with E-state index in [-0.39, 0.29) is 59.5 Å². The fraction of sp³-hybridized carbons (Fsp3) is 0.667. The number of hydrogen-bond acceptors (Lipinski definition) is 8. The van der Waals surface area contributed by atoms with Crippen molar-refractivity contribution in [2.45, 2.75) is 180 Å². The summed E-state index contributed by atoms with van der Waals surface area (Å²) >= 11 is 1.50. The molecule has 1 heterocycles. The summed E-state index contributed by atoms with van der Waals surface area (Å²) in [7, 11) is 0. The third-order valence-corrected chi connectivity index (χ3v) is 15.7. The zero-order valence-electron chi connectivity index (χ0n) is 36.9. The van der Waals surface area contributed by atoms with Crippen LogP contribution in [0, 0.1) is 35.5 Å². The van der Waals surface area contributed by atoms with E-state index in [9.17, 15) is 19.2 Å². The summed E-state index contributed by atoms with van der Waals surface area (Å²) in [4.78, 5) is 58.6. The summed E-state index contributed by atoms with van der Waals surface area (Å²) in [5.41, 5.74) is 1.44. The van der Waals surface area contributed by atoms with Crippen molar-refractivity contribution < 1.29 is 28.7 Å². The van der Waals surface area contributed by atoms with Crippen LogP contribution in [-0.4, -0.2) is 40.8 Å². The molecule has 4 fully saturated rings. The van der Waals surface area contributed by atoms with Gasteiger partial charge in [0, 0.05) is 23.9 Å².